The van der Waals surface area contributed by atoms with Gasteiger partial charge in [0.25, 0.3) is 15.9 Å². The molecule has 3 rings (SSSR count). The van der Waals surface area contributed by atoms with E-state index in [9.17, 15) is 23.4 Å². The van der Waals surface area contributed by atoms with Crippen molar-refractivity contribution in [2.24, 2.45) is 0 Å². The number of phenolic OH excluding ortho intramolecular Hbond substituents is 2. The number of benzene rings is 3. The van der Waals surface area contributed by atoms with Gasteiger partial charge in [0.15, 0.2) is 0 Å². The van der Waals surface area contributed by atoms with Crippen LogP contribution >= 0.6 is 0 Å². The lowest BCUT2D eigenvalue weighted by molar-refractivity contribution is 0.0981. The monoisotopic (exact) mass is 493 g/mol. The number of allylic oxidation sites excluding steroid dienone is 1. The Morgan fingerprint density at radius 1 is 1.03 bits per heavy atom. The standard InChI is InChI=1S/C28H31NO5S/c1-5-6-8-13-21-17-24(30)25(23-16-19(4)14-15-22(23)18(2)3)26(31)27(21)35(33,34)29-28(32)20-11-9-7-10-12-20/h7,9-12,14-17,30-31H,2,5-6,8,13H2,1,3-4H3,(H,29,32). The Morgan fingerprint density at radius 2 is 1.71 bits per heavy atom. The summed E-state index contributed by atoms with van der Waals surface area (Å²) in [6.07, 6.45) is 2.72. The van der Waals surface area contributed by atoms with Crippen molar-refractivity contribution in [2.45, 2.75) is 51.3 Å². The quantitative estimate of drug-likeness (QED) is 0.319. The van der Waals surface area contributed by atoms with Crippen molar-refractivity contribution in [1.82, 2.24) is 4.72 Å². The third-order valence-corrected chi connectivity index (χ3v) is 7.24. The van der Waals surface area contributed by atoms with Gasteiger partial charge in [-0.15, -0.1) is 0 Å². The third kappa shape index (κ3) is 5.74. The fourth-order valence-corrected chi connectivity index (χ4v) is 5.39. The number of sulfonamides is 1. The third-order valence-electron chi connectivity index (χ3n) is 5.80. The van der Waals surface area contributed by atoms with E-state index in [2.05, 4.69) is 11.3 Å². The van der Waals surface area contributed by atoms with Crippen LogP contribution in [0.3, 0.4) is 0 Å². The van der Waals surface area contributed by atoms with Crippen LogP contribution in [0.2, 0.25) is 0 Å². The van der Waals surface area contributed by atoms with Crippen molar-refractivity contribution in [1.29, 1.82) is 0 Å². The van der Waals surface area contributed by atoms with Crippen molar-refractivity contribution >= 4 is 21.5 Å². The lowest BCUT2D eigenvalue weighted by atomic mass is 9.91. The van der Waals surface area contributed by atoms with Gasteiger partial charge in [0.2, 0.25) is 0 Å². The number of nitrogens with one attached hydrogen (secondary N) is 1. The number of hydrogen-bond acceptors (Lipinski definition) is 5. The van der Waals surface area contributed by atoms with E-state index in [1.54, 1.807) is 31.2 Å². The molecule has 1 amide bonds. The second-order valence-corrected chi connectivity index (χ2v) is 10.3. The summed E-state index contributed by atoms with van der Waals surface area (Å²) in [5.41, 5.74) is 3.07. The first-order valence-corrected chi connectivity index (χ1v) is 13.0. The molecule has 0 atom stereocenters. The minimum absolute atomic E-state index is 0.0153. The molecule has 0 aliphatic heterocycles. The second kappa shape index (κ2) is 10.8. The zero-order valence-electron chi connectivity index (χ0n) is 20.3. The van der Waals surface area contributed by atoms with E-state index in [4.69, 9.17) is 0 Å². The molecular formula is C28H31NO5S. The summed E-state index contributed by atoms with van der Waals surface area (Å²) in [5, 5.41) is 22.3. The van der Waals surface area contributed by atoms with Crippen LogP contribution in [-0.2, 0) is 16.4 Å². The van der Waals surface area contributed by atoms with E-state index in [0.717, 1.165) is 18.4 Å². The number of rotatable bonds is 9. The van der Waals surface area contributed by atoms with E-state index in [0.29, 0.717) is 29.5 Å². The van der Waals surface area contributed by atoms with Crippen LogP contribution in [0.25, 0.3) is 16.7 Å². The molecule has 0 aliphatic carbocycles. The molecule has 0 radical (unpaired) electrons. The van der Waals surface area contributed by atoms with Crippen LogP contribution in [0.4, 0.5) is 0 Å². The number of carbonyl (C=O) groups excluding carboxylic acids is 1. The van der Waals surface area contributed by atoms with Crippen LogP contribution in [-0.4, -0.2) is 24.5 Å². The van der Waals surface area contributed by atoms with Crippen molar-refractivity contribution in [3.63, 3.8) is 0 Å². The number of aromatic hydroxyl groups is 2. The van der Waals surface area contributed by atoms with Crippen molar-refractivity contribution in [3.05, 3.63) is 83.4 Å². The van der Waals surface area contributed by atoms with Crippen molar-refractivity contribution in [3.8, 4) is 22.6 Å². The molecule has 0 aliphatic rings. The van der Waals surface area contributed by atoms with E-state index in [1.807, 2.05) is 26.0 Å². The average Bonchev–Trinajstić information content (AvgIpc) is 2.79. The van der Waals surface area contributed by atoms with Gasteiger partial charge in [0.05, 0.1) is 5.56 Å². The molecule has 35 heavy (non-hydrogen) atoms. The number of amides is 1. The average molecular weight is 494 g/mol. The highest BCUT2D eigenvalue weighted by atomic mass is 32.2. The lowest BCUT2D eigenvalue weighted by Crippen LogP contribution is -2.31. The molecular weight excluding hydrogens is 462 g/mol. The van der Waals surface area contributed by atoms with Gasteiger partial charge >= 0.3 is 0 Å². The molecule has 3 aromatic carbocycles. The molecule has 0 spiro atoms. The summed E-state index contributed by atoms with van der Waals surface area (Å²) in [5.74, 6) is -1.65. The molecule has 0 fully saturated rings. The highest BCUT2D eigenvalue weighted by molar-refractivity contribution is 7.90. The van der Waals surface area contributed by atoms with Gasteiger partial charge in [-0.1, -0.05) is 73.9 Å². The minimum Gasteiger partial charge on any atom is -0.507 e. The van der Waals surface area contributed by atoms with E-state index in [-0.39, 0.29) is 22.4 Å². The van der Waals surface area contributed by atoms with E-state index >= 15 is 0 Å². The van der Waals surface area contributed by atoms with Gasteiger partial charge in [0.1, 0.15) is 16.4 Å². The Hall–Kier alpha value is -3.58. The molecule has 184 valence electrons. The highest BCUT2D eigenvalue weighted by Gasteiger charge is 2.30. The molecule has 0 saturated carbocycles. The number of hydrogen-bond donors (Lipinski definition) is 3. The largest absolute Gasteiger partial charge is 0.507 e. The smallest absolute Gasteiger partial charge is 0.268 e. The normalized spacial score (nSPS) is 11.3. The lowest BCUT2D eigenvalue weighted by Gasteiger charge is -2.19. The van der Waals surface area contributed by atoms with Crippen LogP contribution in [0.15, 0.2) is 66.1 Å². The number of aryl methyl sites for hydroxylation is 2. The summed E-state index contributed by atoms with van der Waals surface area (Å²) in [6, 6.07) is 14.8. The second-order valence-electron chi connectivity index (χ2n) is 8.69. The predicted molar refractivity (Wildman–Crippen MR) is 139 cm³/mol. The summed E-state index contributed by atoms with van der Waals surface area (Å²) < 4.78 is 29.0. The van der Waals surface area contributed by atoms with Crippen LogP contribution in [0.5, 0.6) is 11.5 Å². The van der Waals surface area contributed by atoms with Crippen molar-refractivity contribution < 1.29 is 23.4 Å². The Bertz CT molecular complexity index is 1360. The maximum absolute atomic E-state index is 13.5. The zero-order valence-corrected chi connectivity index (χ0v) is 21.1. The molecule has 0 bridgehead atoms. The van der Waals surface area contributed by atoms with Gasteiger partial charge in [-0.3, -0.25) is 4.79 Å². The number of carbonyl (C=O) groups is 1. The SMILES string of the molecule is C=C(C)c1ccc(C)cc1-c1c(O)cc(CCCCC)c(S(=O)(=O)NC(=O)c2ccccc2)c1O. The Morgan fingerprint density at radius 3 is 2.34 bits per heavy atom. The van der Waals surface area contributed by atoms with Gasteiger partial charge in [-0.2, -0.15) is 0 Å². The predicted octanol–water partition coefficient (Wildman–Crippen LogP) is 5.96. The van der Waals surface area contributed by atoms with Crippen molar-refractivity contribution in [2.75, 3.05) is 0 Å². The summed E-state index contributed by atoms with van der Waals surface area (Å²) in [7, 11) is -4.48. The number of phenols is 2. The van der Waals surface area contributed by atoms with E-state index < -0.39 is 26.6 Å². The first kappa shape index (κ1) is 26.0. The van der Waals surface area contributed by atoms with Crippen LogP contribution < -0.4 is 4.72 Å². The van der Waals surface area contributed by atoms with Gasteiger partial charge in [0, 0.05) is 5.56 Å². The molecule has 3 aromatic rings. The molecule has 0 aromatic heterocycles. The maximum atomic E-state index is 13.5. The van der Waals surface area contributed by atoms with Gasteiger partial charge in [-0.05, 0) is 61.6 Å². The Balaban J connectivity index is 2.23. The molecule has 3 N–H and O–H groups in total. The zero-order chi connectivity index (χ0) is 25.8. The molecule has 6 nitrogen and oxygen atoms in total. The first-order chi connectivity index (χ1) is 16.6. The topological polar surface area (TPSA) is 104 Å². The Labute approximate surface area is 207 Å². The van der Waals surface area contributed by atoms with Crippen LogP contribution in [0.1, 0.15) is 60.2 Å². The molecule has 0 unspecified atom stereocenters. The molecule has 0 heterocycles. The maximum Gasteiger partial charge on any atom is 0.268 e. The highest BCUT2D eigenvalue weighted by Crippen LogP contribution is 2.46. The summed E-state index contributed by atoms with van der Waals surface area (Å²) in [6.45, 7) is 9.64. The summed E-state index contributed by atoms with van der Waals surface area (Å²) in [4.78, 5) is 12.3. The molecule has 7 heteroatoms. The fourth-order valence-electron chi connectivity index (χ4n) is 4.06. The minimum atomic E-state index is -4.48. The van der Waals surface area contributed by atoms with Crippen LogP contribution in [0, 0.1) is 6.92 Å². The first-order valence-electron chi connectivity index (χ1n) is 11.5. The van der Waals surface area contributed by atoms with Gasteiger partial charge in [-0.25, -0.2) is 13.1 Å². The summed E-state index contributed by atoms with van der Waals surface area (Å²) >= 11 is 0. The fraction of sp³-hybridized carbons (Fsp3) is 0.250. The molecule has 0 saturated heterocycles. The number of unbranched alkanes of at least 4 members (excludes halogenated alkanes) is 2. The Kier molecular flexibility index (Phi) is 8.02. The van der Waals surface area contributed by atoms with E-state index in [1.165, 1.54) is 18.2 Å². The van der Waals surface area contributed by atoms with Gasteiger partial charge < -0.3 is 10.2 Å².